The summed E-state index contributed by atoms with van der Waals surface area (Å²) in [4.78, 5) is 31.3. The number of carbonyl (C=O) groups is 2. The smallest absolute Gasteiger partial charge is 0.296 e. The Bertz CT molecular complexity index is 1130. The van der Waals surface area contributed by atoms with Crippen molar-refractivity contribution in [3.05, 3.63) is 88.6 Å². The predicted octanol–water partition coefficient (Wildman–Crippen LogP) is 3.96. The number of amides is 1. The van der Waals surface area contributed by atoms with Gasteiger partial charge in [0.25, 0.3) is 11.7 Å². The Labute approximate surface area is 177 Å². The number of pyridine rings is 1. The Kier molecular flexibility index (Phi) is 5.29. The van der Waals surface area contributed by atoms with E-state index in [0.717, 1.165) is 5.56 Å². The third-order valence-corrected chi connectivity index (χ3v) is 5.08. The van der Waals surface area contributed by atoms with Gasteiger partial charge in [-0.2, -0.15) is 0 Å². The number of nitrogens with zero attached hydrogens (tertiary/aromatic N) is 2. The first-order chi connectivity index (χ1) is 14.5. The van der Waals surface area contributed by atoms with Gasteiger partial charge in [-0.1, -0.05) is 17.7 Å². The van der Waals surface area contributed by atoms with Crippen LogP contribution in [0.4, 0.5) is 0 Å². The first kappa shape index (κ1) is 19.7. The van der Waals surface area contributed by atoms with E-state index in [2.05, 4.69) is 4.98 Å². The molecule has 3 heterocycles. The fourth-order valence-electron chi connectivity index (χ4n) is 3.48. The van der Waals surface area contributed by atoms with Gasteiger partial charge in [0.05, 0.1) is 24.5 Å². The summed E-state index contributed by atoms with van der Waals surface area (Å²) in [6, 6.07) is 10.6. The van der Waals surface area contributed by atoms with Crippen LogP contribution in [0.2, 0.25) is 5.02 Å². The number of ketones is 1. The number of ether oxygens (including phenoxy) is 1. The van der Waals surface area contributed by atoms with Crippen molar-refractivity contribution >= 4 is 29.1 Å². The van der Waals surface area contributed by atoms with Crippen molar-refractivity contribution in [3.63, 3.8) is 0 Å². The van der Waals surface area contributed by atoms with E-state index in [9.17, 15) is 14.7 Å². The maximum absolute atomic E-state index is 13.0. The third-order valence-electron chi connectivity index (χ3n) is 4.84. The van der Waals surface area contributed by atoms with Gasteiger partial charge in [0.2, 0.25) is 0 Å². The summed E-state index contributed by atoms with van der Waals surface area (Å²) in [6.45, 7) is 0.118. The fourth-order valence-corrected chi connectivity index (χ4v) is 3.66. The van der Waals surface area contributed by atoms with Gasteiger partial charge in [-0.15, -0.1) is 0 Å². The Balaban J connectivity index is 1.88. The van der Waals surface area contributed by atoms with Crippen molar-refractivity contribution in [2.24, 2.45) is 0 Å². The topological polar surface area (TPSA) is 92.9 Å². The fraction of sp³-hybridized carbons (Fsp3) is 0.136. The second-order valence-electron chi connectivity index (χ2n) is 6.65. The van der Waals surface area contributed by atoms with Crippen molar-refractivity contribution < 1.29 is 23.8 Å². The van der Waals surface area contributed by atoms with Crippen LogP contribution >= 0.6 is 11.6 Å². The van der Waals surface area contributed by atoms with Crippen molar-refractivity contribution in [3.8, 4) is 5.75 Å². The molecule has 1 amide bonds. The quantitative estimate of drug-likeness (QED) is 0.378. The molecule has 0 aliphatic carbocycles. The number of benzene rings is 1. The highest BCUT2D eigenvalue weighted by Crippen LogP contribution is 2.42. The molecule has 0 saturated carbocycles. The van der Waals surface area contributed by atoms with Crippen LogP contribution in [0, 0.1) is 0 Å². The Hall–Kier alpha value is -3.58. The molecule has 1 atom stereocenters. The van der Waals surface area contributed by atoms with E-state index in [1.807, 2.05) is 0 Å². The summed E-state index contributed by atoms with van der Waals surface area (Å²) in [5, 5.41) is 11.4. The van der Waals surface area contributed by atoms with Gasteiger partial charge in [-0.25, -0.2) is 0 Å². The molecule has 1 saturated heterocycles. The van der Waals surface area contributed by atoms with E-state index in [1.54, 1.807) is 48.8 Å². The molecule has 0 bridgehead atoms. The number of furan rings is 1. The number of aliphatic hydroxyl groups excluding tert-OH is 1. The zero-order valence-electron chi connectivity index (χ0n) is 15.9. The van der Waals surface area contributed by atoms with Gasteiger partial charge in [-0.05, 0) is 42.0 Å². The van der Waals surface area contributed by atoms with Gasteiger partial charge in [-0.3, -0.25) is 14.6 Å². The summed E-state index contributed by atoms with van der Waals surface area (Å²) in [7, 11) is 1.44. The highest BCUT2D eigenvalue weighted by atomic mass is 35.5. The van der Waals surface area contributed by atoms with Crippen LogP contribution in [0.3, 0.4) is 0 Å². The van der Waals surface area contributed by atoms with E-state index in [4.69, 9.17) is 20.8 Å². The van der Waals surface area contributed by atoms with Crippen LogP contribution < -0.4 is 4.74 Å². The molecule has 4 rings (SSSR count). The van der Waals surface area contributed by atoms with E-state index in [1.165, 1.54) is 24.3 Å². The lowest BCUT2D eigenvalue weighted by Gasteiger charge is -2.23. The van der Waals surface area contributed by atoms with Crippen LogP contribution in [-0.4, -0.2) is 33.8 Å². The molecule has 1 aromatic carbocycles. The lowest BCUT2D eigenvalue weighted by atomic mass is 9.98. The van der Waals surface area contributed by atoms with E-state index < -0.39 is 17.7 Å². The first-order valence-corrected chi connectivity index (χ1v) is 9.43. The van der Waals surface area contributed by atoms with Crippen molar-refractivity contribution in [2.45, 2.75) is 12.6 Å². The molecule has 1 fully saturated rings. The minimum Gasteiger partial charge on any atom is -0.507 e. The zero-order chi connectivity index (χ0) is 21.3. The van der Waals surface area contributed by atoms with E-state index in [0.29, 0.717) is 16.5 Å². The molecular formula is C22H17ClN2O5. The summed E-state index contributed by atoms with van der Waals surface area (Å²) in [5.41, 5.74) is 0.844. The molecule has 2 aromatic heterocycles. The molecule has 1 aliphatic heterocycles. The maximum atomic E-state index is 13.0. The second kappa shape index (κ2) is 8.04. The van der Waals surface area contributed by atoms with E-state index >= 15 is 0 Å². The largest absolute Gasteiger partial charge is 0.507 e. The number of hydrogen-bond donors (Lipinski definition) is 1. The summed E-state index contributed by atoms with van der Waals surface area (Å²) >= 11 is 6.08. The number of methoxy groups -OCH3 is 1. The van der Waals surface area contributed by atoms with Crippen LogP contribution in [0.1, 0.15) is 22.9 Å². The first-order valence-electron chi connectivity index (χ1n) is 9.06. The lowest BCUT2D eigenvalue weighted by molar-refractivity contribution is -0.140. The Morgan fingerprint density at radius 2 is 2.10 bits per heavy atom. The number of aliphatic hydroxyl groups is 1. The summed E-state index contributed by atoms with van der Waals surface area (Å²) in [5.74, 6) is -1.29. The van der Waals surface area contributed by atoms with Crippen molar-refractivity contribution in [1.29, 1.82) is 0 Å². The SMILES string of the molecule is COc1ccc(Cl)cc1/C(O)=C1\C(=O)C(=O)N(Cc2cccnc2)[C@H]1c1ccco1. The molecular weight excluding hydrogens is 408 g/mol. The van der Waals surface area contributed by atoms with Gasteiger partial charge in [0.15, 0.2) is 0 Å². The van der Waals surface area contributed by atoms with Crippen LogP contribution in [0.5, 0.6) is 5.75 Å². The number of aromatic nitrogens is 1. The van der Waals surface area contributed by atoms with Crippen molar-refractivity contribution in [1.82, 2.24) is 9.88 Å². The molecule has 30 heavy (non-hydrogen) atoms. The molecule has 1 aliphatic rings. The van der Waals surface area contributed by atoms with E-state index in [-0.39, 0.29) is 23.4 Å². The zero-order valence-corrected chi connectivity index (χ0v) is 16.7. The highest BCUT2D eigenvalue weighted by molar-refractivity contribution is 6.46. The highest BCUT2D eigenvalue weighted by Gasteiger charge is 2.47. The maximum Gasteiger partial charge on any atom is 0.296 e. The molecule has 3 aromatic rings. The standard InChI is InChI=1S/C22H17ClN2O5/c1-29-16-7-6-14(23)10-15(16)20(26)18-19(17-5-3-9-30-17)25(22(28)21(18)27)12-13-4-2-8-24-11-13/h2-11,19,26H,12H2,1H3/b20-18+/t19-/m0/s1. The van der Waals surface area contributed by atoms with Gasteiger partial charge in [0.1, 0.15) is 23.3 Å². The number of Topliss-reactive ketones (excluding diaryl/α,β-unsaturated/α-hetero) is 1. The average Bonchev–Trinajstić information content (AvgIpc) is 3.37. The number of carbonyl (C=O) groups excluding carboxylic acids is 2. The molecule has 0 spiro atoms. The summed E-state index contributed by atoms with van der Waals surface area (Å²) in [6.07, 6.45) is 4.67. The molecule has 0 unspecified atom stereocenters. The molecule has 7 nitrogen and oxygen atoms in total. The monoisotopic (exact) mass is 424 g/mol. The van der Waals surface area contributed by atoms with Crippen LogP contribution in [0.15, 0.2) is 71.1 Å². The molecule has 1 N–H and O–H groups in total. The average molecular weight is 425 g/mol. The van der Waals surface area contributed by atoms with Gasteiger partial charge in [0, 0.05) is 24.0 Å². The number of halogens is 1. The van der Waals surface area contributed by atoms with Gasteiger partial charge >= 0.3 is 0 Å². The second-order valence-corrected chi connectivity index (χ2v) is 7.08. The third kappa shape index (κ3) is 3.44. The molecule has 8 heteroatoms. The Morgan fingerprint density at radius 1 is 1.27 bits per heavy atom. The van der Waals surface area contributed by atoms with Crippen LogP contribution in [-0.2, 0) is 16.1 Å². The number of rotatable bonds is 5. The molecule has 152 valence electrons. The predicted molar refractivity (Wildman–Crippen MR) is 109 cm³/mol. The van der Waals surface area contributed by atoms with Gasteiger partial charge < -0.3 is 19.2 Å². The lowest BCUT2D eigenvalue weighted by Crippen LogP contribution is -2.29. The minimum absolute atomic E-state index is 0.0978. The van der Waals surface area contributed by atoms with Crippen LogP contribution in [0.25, 0.3) is 5.76 Å². The summed E-state index contributed by atoms with van der Waals surface area (Å²) < 4.78 is 10.8. The minimum atomic E-state index is -0.913. The molecule has 0 radical (unpaired) electrons. The normalized spacial score (nSPS) is 18.1. The number of likely N-dealkylation sites (tertiary alicyclic amines) is 1. The Morgan fingerprint density at radius 3 is 2.77 bits per heavy atom. The number of hydrogen-bond acceptors (Lipinski definition) is 6. The van der Waals surface area contributed by atoms with Crippen molar-refractivity contribution in [2.75, 3.05) is 7.11 Å².